The summed E-state index contributed by atoms with van der Waals surface area (Å²) in [5, 5.41) is 15.7. The lowest BCUT2D eigenvalue weighted by molar-refractivity contribution is -0.126. The second-order valence-electron chi connectivity index (χ2n) is 5.07. The Labute approximate surface area is 107 Å². The van der Waals surface area contributed by atoms with E-state index in [0.717, 1.165) is 18.7 Å². The van der Waals surface area contributed by atoms with Crippen molar-refractivity contribution in [3.63, 3.8) is 0 Å². The first-order valence-corrected chi connectivity index (χ1v) is 6.38. The molecule has 0 saturated carbocycles. The second-order valence-corrected chi connectivity index (χ2v) is 5.07. The molecule has 0 aliphatic carbocycles. The van der Waals surface area contributed by atoms with Crippen molar-refractivity contribution in [1.29, 1.82) is 0 Å². The van der Waals surface area contributed by atoms with Gasteiger partial charge in [0.15, 0.2) is 0 Å². The summed E-state index contributed by atoms with van der Waals surface area (Å²) in [4.78, 5) is 12.1. The van der Waals surface area contributed by atoms with Gasteiger partial charge in [-0.3, -0.25) is 4.79 Å². The van der Waals surface area contributed by atoms with E-state index in [4.69, 9.17) is 0 Å². The minimum Gasteiger partial charge on any atom is -0.508 e. The van der Waals surface area contributed by atoms with Crippen molar-refractivity contribution in [2.75, 3.05) is 13.1 Å². The number of rotatable bonds is 3. The van der Waals surface area contributed by atoms with Crippen molar-refractivity contribution < 1.29 is 9.90 Å². The SMILES string of the molecule is CC(NC(=O)[C@@H]1CNC[C@H]1C)c1cccc(O)c1. The Balaban J connectivity index is 1.98. The van der Waals surface area contributed by atoms with Gasteiger partial charge in [0, 0.05) is 6.54 Å². The number of phenols is 1. The molecule has 98 valence electrons. The molecule has 0 bridgehead atoms. The maximum absolute atomic E-state index is 12.1. The predicted molar refractivity (Wildman–Crippen MR) is 70.2 cm³/mol. The minimum absolute atomic E-state index is 0.0461. The number of carbonyl (C=O) groups is 1. The highest BCUT2D eigenvalue weighted by molar-refractivity contribution is 5.80. The highest BCUT2D eigenvalue weighted by atomic mass is 16.3. The van der Waals surface area contributed by atoms with E-state index in [1.165, 1.54) is 0 Å². The maximum Gasteiger partial charge on any atom is 0.225 e. The largest absolute Gasteiger partial charge is 0.508 e. The molecule has 1 unspecified atom stereocenters. The average Bonchev–Trinajstić information content (AvgIpc) is 2.75. The predicted octanol–water partition coefficient (Wildman–Crippen LogP) is 1.42. The topological polar surface area (TPSA) is 61.4 Å². The number of nitrogens with one attached hydrogen (secondary N) is 2. The van der Waals surface area contributed by atoms with E-state index in [1.807, 2.05) is 13.0 Å². The van der Waals surface area contributed by atoms with Gasteiger partial charge in [-0.1, -0.05) is 19.1 Å². The van der Waals surface area contributed by atoms with Crippen LogP contribution in [0.5, 0.6) is 5.75 Å². The Hall–Kier alpha value is -1.55. The van der Waals surface area contributed by atoms with Crippen molar-refractivity contribution in [1.82, 2.24) is 10.6 Å². The van der Waals surface area contributed by atoms with Gasteiger partial charge in [0.2, 0.25) is 5.91 Å². The van der Waals surface area contributed by atoms with Crippen LogP contribution in [0.25, 0.3) is 0 Å². The monoisotopic (exact) mass is 248 g/mol. The molecule has 4 nitrogen and oxygen atoms in total. The molecule has 1 heterocycles. The zero-order chi connectivity index (χ0) is 13.1. The molecule has 18 heavy (non-hydrogen) atoms. The fourth-order valence-corrected chi connectivity index (χ4v) is 2.36. The Morgan fingerprint density at radius 3 is 2.89 bits per heavy atom. The zero-order valence-electron chi connectivity index (χ0n) is 10.8. The van der Waals surface area contributed by atoms with Gasteiger partial charge in [0.05, 0.1) is 12.0 Å². The molecular weight excluding hydrogens is 228 g/mol. The van der Waals surface area contributed by atoms with E-state index in [9.17, 15) is 9.90 Å². The molecule has 3 N–H and O–H groups in total. The summed E-state index contributed by atoms with van der Waals surface area (Å²) in [5.41, 5.74) is 0.918. The van der Waals surface area contributed by atoms with Crippen LogP contribution in [-0.4, -0.2) is 24.1 Å². The molecule has 4 heteroatoms. The van der Waals surface area contributed by atoms with Crippen LogP contribution in [0.4, 0.5) is 0 Å². The van der Waals surface area contributed by atoms with Gasteiger partial charge >= 0.3 is 0 Å². The van der Waals surface area contributed by atoms with Gasteiger partial charge < -0.3 is 15.7 Å². The maximum atomic E-state index is 12.1. The summed E-state index contributed by atoms with van der Waals surface area (Å²) in [5.74, 6) is 0.735. The van der Waals surface area contributed by atoms with Crippen LogP contribution in [0, 0.1) is 11.8 Å². The fourth-order valence-electron chi connectivity index (χ4n) is 2.36. The standard InChI is InChI=1S/C14H20N2O2/c1-9-7-15-8-13(9)14(18)16-10(2)11-4-3-5-12(17)6-11/h3-6,9-10,13,15,17H,7-8H2,1-2H3,(H,16,18)/t9-,10?,13-/m1/s1. The van der Waals surface area contributed by atoms with Crippen LogP contribution in [0.1, 0.15) is 25.5 Å². The highest BCUT2D eigenvalue weighted by Gasteiger charge is 2.30. The lowest BCUT2D eigenvalue weighted by atomic mass is 9.96. The van der Waals surface area contributed by atoms with Crippen molar-refractivity contribution in [2.45, 2.75) is 19.9 Å². The van der Waals surface area contributed by atoms with Crippen molar-refractivity contribution in [3.8, 4) is 5.75 Å². The van der Waals surface area contributed by atoms with Gasteiger partial charge in [-0.25, -0.2) is 0 Å². The molecule has 1 saturated heterocycles. The molecule has 0 aromatic heterocycles. The first-order valence-electron chi connectivity index (χ1n) is 6.38. The lowest BCUT2D eigenvalue weighted by Gasteiger charge is -2.19. The van der Waals surface area contributed by atoms with Gasteiger partial charge in [-0.15, -0.1) is 0 Å². The number of carbonyl (C=O) groups excluding carboxylic acids is 1. The molecule has 1 aliphatic heterocycles. The lowest BCUT2D eigenvalue weighted by Crippen LogP contribution is -2.35. The molecule has 1 aliphatic rings. The number of hydrogen-bond donors (Lipinski definition) is 3. The van der Waals surface area contributed by atoms with Gasteiger partial charge in [-0.2, -0.15) is 0 Å². The van der Waals surface area contributed by atoms with E-state index >= 15 is 0 Å². The molecule has 1 fully saturated rings. The van der Waals surface area contributed by atoms with Crippen LogP contribution < -0.4 is 10.6 Å². The molecular formula is C14H20N2O2. The summed E-state index contributed by atoms with van der Waals surface area (Å²) >= 11 is 0. The molecule has 1 aromatic rings. The summed E-state index contributed by atoms with van der Waals surface area (Å²) in [7, 11) is 0. The van der Waals surface area contributed by atoms with E-state index < -0.39 is 0 Å². The summed E-state index contributed by atoms with van der Waals surface area (Å²) in [6.45, 7) is 5.67. The third kappa shape index (κ3) is 2.82. The van der Waals surface area contributed by atoms with E-state index in [1.54, 1.807) is 18.2 Å². The number of benzene rings is 1. The summed E-state index contributed by atoms with van der Waals surface area (Å²) < 4.78 is 0. The van der Waals surface area contributed by atoms with E-state index in [-0.39, 0.29) is 23.6 Å². The average molecular weight is 248 g/mol. The van der Waals surface area contributed by atoms with E-state index in [0.29, 0.717) is 5.92 Å². The molecule has 0 radical (unpaired) electrons. The summed E-state index contributed by atoms with van der Waals surface area (Å²) in [6, 6.07) is 6.91. The van der Waals surface area contributed by atoms with Crippen molar-refractivity contribution >= 4 is 5.91 Å². The second kappa shape index (κ2) is 5.40. The third-order valence-electron chi connectivity index (χ3n) is 3.58. The smallest absolute Gasteiger partial charge is 0.225 e. The van der Waals surface area contributed by atoms with Gasteiger partial charge in [-0.05, 0) is 37.1 Å². The molecule has 3 atom stereocenters. The summed E-state index contributed by atoms with van der Waals surface area (Å²) in [6.07, 6.45) is 0. The normalized spacial score (nSPS) is 24.8. The Bertz CT molecular complexity index is 434. The van der Waals surface area contributed by atoms with Crippen LogP contribution in [0.15, 0.2) is 24.3 Å². The Morgan fingerprint density at radius 1 is 1.50 bits per heavy atom. The molecule has 0 spiro atoms. The van der Waals surface area contributed by atoms with Crippen molar-refractivity contribution in [2.24, 2.45) is 11.8 Å². The third-order valence-corrected chi connectivity index (χ3v) is 3.58. The number of aromatic hydroxyl groups is 1. The van der Waals surface area contributed by atoms with Gasteiger partial charge in [0.25, 0.3) is 0 Å². The first-order chi connectivity index (χ1) is 8.58. The van der Waals surface area contributed by atoms with Crippen LogP contribution in [0.2, 0.25) is 0 Å². The Kier molecular flexibility index (Phi) is 3.87. The number of amides is 1. The van der Waals surface area contributed by atoms with E-state index in [2.05, 4.69) is 17.6 Å². The van der Waals surface area contributed by atoms with Crippen LogP contribution >= 0.6 is 0 Å². The zero-order valence-corrected chi connectivity index (χ0v) is 10.8. The highest BCUT2D eigenvalue weighted by Crippen LogP contribution is 2.20. The van der Waals surface area contributed by atoms with Crippen LogP contribution in [-0.2, 0) is 4.79 Å². The fraction of sp³-hybridized carbons (Fsp3) is 0.500. The van der Waals surface area contributed by atoms with Gasteiger partial charge in [0.1, 0.15) is 5.75 Å². The van der Waals surface area contributed by atoms with Crippen LogP contribution in [0.3, 0.4) is 0 Å². The Morgan fingerprint density at radius 2 is 2.28 bits per heavy atom. The number of phenolic OH excluding ortho intramolecular Hbond substituents is 1. The van der Waals surface area contributed by atoms with Crippen molar-refractivity contribution in [3.05, 3.63) is 29.8 Å². The molecule has 2 rings (SSSR count). The minimum atomic E-state index is -0.0857. The number of hydrogen-bond acceptors (Lipinski definition) is 3. The first kappa shape index (κ1) is 12.9. The molecule has 1 aromatic carbocycles. The molecule has 1 amide bonds. The quantitative estimate of drug-likeness (QED) is 0.758.